The Labute approximate surface area is 170 Å². The van der Waals surface area contributed by atoms with Gasteiger partial charge in [0, 0.05) is 64.5 Å². The Morgan fingerprint density at radius 3 is 2.69 bits per heavy atom. The number of carbonyl (C=O) groups is 2. The number of piperidine rings is 1. The summed E-state index contributed by atoms with van der Waals surface area (Å²) < 4.78 is 7.58. The van der Waals surface area contributed by atoms with Gasteiger partial charge in [-0.15, -0.1) is 0 Å². The molecule has 156 valence electrons. The molecule has 2 aliphatic heterocycles. The first-order chi connectivity index (χ1) is 14.1. The molecule has 2 fully saturated rings. The van der Waals surface area contributed by atoms with E-state index in [4.69, 9.17) is 4.42 Å². The highest BCUT2D eigenvalue weighted by Crippen LogP contribution is 2.27. The zero-order valence-corrected chi connectivity index (χ0v) is 17.1. The third-order valence-corrected chi connectivity index (χ3v) is 6.04. The zero-order chi connectivity index (χ0) is 20.4. The SMILES string of the molecule is CCc1ccc(C(=O)N2CCC(C(=O)N3CCNCC3c3nccn3C)CC2)o1. The molecule has 0 bridgehead atoms. The maximum atomic E-state index is 13.3. The number of likely N-dealkylation sites (tertiary alicyclic amines) is 1. The summed E-state index contributed by atoms with van der Waals surface area (Å²) in [5, 5.41) is 3.37. The summed E-state index contributed by atoms with van der Waals surface area (Å²) in [7, 11) is 1.96. The molecule has 1 N–H and O–H groups in total. The molecular weight excluding hydrogens is 370 g/mol. The summed E-state index contributed by atoms with van der Waals surface area (Å²) in [6, 6.07) is 3.55. The van der Waals surface area contributed by atoms with Gasteiger partial charge in [0.1, 0.15) is 17.6 Å². The predicted octanol–water partition coefficient (Wildman–Crippen LogP) is 1.60. The number of imidazole rings is 1. The molecule has 0 aliphatic carbocycles. The van der Waals surface area contributed by atoms with E-state index in [1.807, 2.05) is 35.7 Å². The van der Waals surface area contributed by atoms with E-state index in [0.717, 1.165) is 24.6 Å². The number of rotatable bonds is 4. The topological polar surface area (TPSA) is 83.6 Å². The van der Waals surface area contributed by atoms with E-state index in [9.17, 15) is 9.59 Å². The Kier molecular flexibility index (Phi) is 5.71. The molecule has 2 aromatic rings. The van der Waals surface area contributed by atoms with Crippen molar-refractivity contribution in [2.75, 3.05) is 32.7 Å². The van der Waals surface area contributed by atoms with Crippen molar-refractivity contribution in [3.8, 4) is 0 Å². The fourth-order valence-electron chi connectivity index (χ4n) is 4.30. The van der Waals surface area contributed by atoms with Gasteiger partial charge < -0.3 is 24.1 Å². The van der Waals surface area contributed by atoms with Crippen molar-refractivity contribution in [3.63, 3.8) is 0 Å². The molecule has 2 aromatic heterocycles. The third kappa shape index (κ3) is 3.94. The van der Waals surface area contributed by atoms with Crippen LogP contribution in [0.4, 0.5) is 0 Å². The average Bonchev–Trinajstić information content (AvgIpc) is 3.42. The lowest BCUT2D eigenvalue weighted by molar-refractivity contribution is -0.140. The van der Waals surface area contributed by atoms with E-state index in [2.05, 4.69) is 10.3 Å². The van der Waals surface area contributed by atoms with Crippen LogP contribution >= 0.6 is 0 Å². The molecule has 2 aliphatic rings. The van der Waals surface area contributed by atoms with E-state index < -0.39 is 0 Å². The first-order valence-corrected chi connectivity index (χ1v) is 10.4. The Balaban J connectivity index is 1.39. The van der Waals surface area contributed by atoms with Crippen LogP contribution in [-0.4, -0.2) is 63.9 Å². The van der Waals surface area contributed by atoms with Crippen LogP contribution in [0.25, 0.3) is 0 Å². The van der Waals surface area contributed by atoms with Crippen LogP contribution in [0.2, 0.25) is 0 Å². The number of furan rings is 1. The normalized spacial score (nSPS) is 20.8. The molecule has 2 saturated heterocycles. The van der Waals surface area contributed by atoms with E-state index in [0.29, 0.717) is 44.8 Å². The molecule has 2 amide bonds. The third-order valence-electron chi connectivity index (χ3n) is 6.04. The Hall–Kier alpha value is -2.61. The number of aryl methyl sites for hydroxylation is 2. The fraction of sp³-hybridized carbons (Fsp3) is 0.571. The molecule has 29 heavy (non-hydrogen) atoms. The smallest absolute Gasteiger partial charge is 0.289 e. The van der Waals surface area contributed by atoms with Gasteiger partial charge >= 0.3 is 0 Å². The molecule has 0 saturated carbocycles. The molecular formula is C21H29N5O3. The maximum Gasteiger partial charge on any atom is 0.289 e. The fourth-order valence-corrected chi connectivity index (χ4v) is 4.30. The van der Waals surface area contributed by atoms with E-state index in [-0.39, 0.29) is 23.8 Å². The Morgan fingerprint density at radius 1 is 1.24 bits per heavy atom. The molecule has 4 rings (SSSR count). The quantitative estimate of drug-likeness (QED) is 0.844. The Bertz CT molecular complexity index is 865. The van der Waals surface area contributed by atoms with E-state index in [1.54, 1.807) is 17.2 Å². The lowest BCUT2D eigenvalue weighted by Crippen LogP contribution is -2.52. The van der Waals surface area contributed by atoms with Gasteiger partial charge in [-0.2, -0.15) is 0 Å². The number of nitrogens with zero attached hydrogens (tertiary/aromatic N) is 4. The van der Waals surface area contributed by atoms with Gasteiger partial charge in [-0.05, 0) is 25.0 Å². The standard InChI is InChI=1S/C21H29N5O3/c1-3-16-4-5-18(29-16)21(28)25-10-6-15(7-11-25)20(27)26-13-8-22-14-17(26)19-23-9-12-24(19)2/h4-5,9,12,15,17,22H,3,6-8,10-11,13-14H2,1-2H3. The van der Waals surface area contributed by atoms with Gasteiger partial charge in [0.25, 0.3) is 5.91 Å². The monoisotopic (exact) mass is 399 g/mol. The van der Waals surface area contributed by atoms with Crippen molar-refractivity contribution in [2.24, 2.45) is 13.0 Å². The first-order valence-electron chi connectivity index (χ1n) is 10.4. The second-order valence-corrected chi connectivity index (χ2v) is 7.83. The molecule has 8 nitrogen and oxygen atoms in total. The largest absolute Gasteiger partial charge is 0.456 e. The number of hydrogen-bond donors (Lipinski definition) is 1. The molecule has 0 aromatic carbocycles. The van der Waals surface area contributed by atoms with Crippen molar-refractivity contribution in [2.45, 2.75) is 32.2 Å². The van der Waals surface area contributed by atoms with E-state index in [1.165, 1.54) is 0 Å². The second kappa shape index (κ2) is 8.41. The van der Waals surface area contributed by atoms with Crippen LogP contribution < -0.4 is 5.32 Å². The summed E-state index contributed by atoms with van der Waals surface area (Å²) in [4.78, 5) is 34.2. The summed E-state index contributed by atoms with van der Waals surface area (Å²) >= 11 is 0. The molecule has 0 spiro atoms. The number of nitrogens with one attached hydrogen (secondary N) is 1. The maximum absolute atomic E-state index is 13.3. The van der Waals surface area contributed by atoms with Crippen molar-refractivity contribution >= 4 is 11.8 Å². The van der Waals surface area contributed by atoms with Crippen LogP contribution in [-0.2, 0) is 18.3 Å². The summed E-state index contributed by atoms with van der Waals surface area (Å²) in [6.45, 7) is 5.35. The Morgan fingerprint density at radius 2 is 2.03 bits per heavy atom. The van der Waals surface area contributed by atoms with Gasteiger partial charge in [-0.25, -0.2) is 4.98 Å². The van der Waals surface area contributed by atoms with Gasteiger partial charge in [0.05, 0.1) is 0 Å². The van der Waals surface area contributed by atoms with Crippen LogP contribution in [0.5, 0.6) is 0 Å². The molecule has 4 heterocycles. The van der Waals surface area contributed by atoms with Gasteiger partial charge in [0.15, 0.2) is 5.76 Å². The minimum absolute atomic E-state index is 0.0495. The number of piperazine rings is 1. The number of amides is 2. The lowest BCUT2D eigenvalue weighted by Gasteiger charge is -2.39. The van der Waals surface area contributed by atoms with Crippen molar-refractivity contribution in [1.82, 2.24) is 24.7 Å². The minimum atomic E-state index is -0.0799. The highest BCUT2D eigenvalue weighted by atomic mass is 16.4. The average molecular weight is 399 g/mol. The van der Waals surface area contributed by atoms with Gasteiger partial charge in [-0.3, -0.25) is 9.59 Å². The van der Waals surface area contributed by atoms with Gasteiger partial charge in [-0.1, -0.05) is 6.92 Å². The van der Waals surface area contributed by atoms with Crippen molar-refractivity contribution < 1.29 is 14.0 Å². The highest BCUT2D eigenvalue weighted by Gasteiger charge is 2.36. The van der Waals surface area contributed by atoms with Crippen LogP contribution in [0.15, 0.2) is 28.9 Å². The van der Waals surface area contributed by atoms with Crippen molar-refractivity contribution in [3.05, 3.63) is 41.9 Å². The summed E-state index contributed by atoms with van der Waals surface area (Å²) in [6.07, 6.45) is 5.82. The van der Waals surface area contributed by atoms with Crippen LogP contribution in [0.1, 0.15) is 47.9 Å². The second-order valence-electron chi connectivity index (χ2n) is 7.83. The lowest BCUT2D eigenvalue weighted by atomic mass is 9.94. The number of aromatic nitrogens is 2. The molecule has 0 radical (unpaired) electrons. The van der Waals surface area contributed by atoms with Crippen molar-refractivity contribution in [1.29, 1.82) is 0 Å². The number of carbonyl (C=O) groups excluding carboxylic acids is 2. The molecule has 1 unspecified atom stereocenters. The van der Waals surface area contributed by atoms with Crippen LogP contribution in [0, 0.1) is 5.92 Å². The summed E-state index contributed by atoms with van der Waals surface area (Å²) in [5.41, 5.74) is 0. The highest BCUT2D eigenvalue weighted by molar-refractivity contribution is 5.91. The minimum Gasteiger partial charge on any atom is -0.456 e. The summed E-state index contributed by atoms with van der Waals surface area (Å²) in [5.74, 6) is 2.16. The first kappa shape index (κ1) is 19.7. The molecule has 1 atom stereocenters. The van der Waals surface area contributed by atoms with Crippen LogP contribution in [0.3, 0.4) is 0 Å². The van der Waals surface area contributed by atoms with E-state index >= 15 is 0 Å². The van der Waals surface area contributed by atoms with Gasteiger partial charge in [0.2, 0.25) is 5.91 Å². The number of hydrogen-bond acceptors (Lipinski definition) is 5. The molecule has 8 heteroatoms. The predicted molar refractivity (Wildman–Crippen MR) is 107 cm³/mol. The zero-order valence-electron chi connectivity index (χ0n) is 17.1.